The Morgan fingerprint density at radius 3 is 2.78 bits per heavy atom. The molecular formula is C15H14N4O3S. The molecule has 1 N–H and O–H groups in total. The molecule has 2 heterocycles. The number of rotatable bonds is 2. The zero-order valence-electron chi connectivity index (χ0n) is 12.4. The van der Waals surface area contributed by atoms with Gasteiger partial charge in [0.05, 0.1) is 19.4 Å². The van der Waals surface area contributed by atoms with E-state index >= 15 is 0 Å². The van der Waals surface area contributed by atoms with Gasteiger partial charge >= 0.3 is 0 Å². The minimum absolute atomic E-state index is 0.0142. The zero-order chi connectivity index (χ0) is 16.0. The first kappa shape index (κ1) is 14.0. The number of sulfonamides is 1. The molecule has 1 aromatic heterocycles. The van der Waals surface area contributed by atoms with Crippen molar-refractivity contribution < 1.29 is 13.2 Å². The number of hydrogen-bond acceptors (Lipinski definition) is 5. The molecule has 0 amide bonds. The highest BCUT2D eigenvalue weighted by atomic mass is 32.2. The Morgan fingerprint density at radius 1 is 1.17 bits per heavy atom. The fraction of sp³-hybridized carbons (Fsp3) is 0.200. The lowest BCUT2D eigenvalue weighted by Gasteiger charge is -2.16. The van der Waals surface area contributed by atoms with E-state index in [0.717, 1.165) is 22.1 Å². The summed E-state index contributed by atoms with van der Waals surface area (Å²) < 4.78 is 32.9. The number of ether oxygens (including phenoxy) is 1. The van der Waals surface area contributed by atoms with Crippen LogP contribution in [0.1, 0.15) is 0 Å². The smallest absolute Gasteiger partial charge is 0.235 e. The van der Waals surface area contributed by atoms with Crippen molar-refractivity contribution in [2.45, 2.75) is 6.54 Å². The number of aryl methyl sites for hydroxylation is 1. The Labute approximate surface area is 132 Å². The average molecular weight is 330 g/mol. The van der Waals surface area contributed by atoms with Crippen LogP contribution in [-0.2, 0) is 16.6 Å². The Kier molecular flexibility index (Phi) is 3.02. The van der Waals surface area contributed by atoms with E-state index in [1.165, 1.54) is 0 Å². The zero-order valence-corrected chi connectivity index (χ0v) is 13.2. The van der Waals surface area contributed by atoms with Gasteiger partial charge in [0.1, 0.15) is 11.4 Å². The van der Waals surface area contributed by atoms with Gasteiger partial charge in [-0.1, -0.05) is 23.4 Å². The van der Waals surface area contributed by atoms with Crippen molar-refractivity contribution in [1.82, 2.24) is 15.0 Å². The highest BCUT2D eigenvalue weighted by molar-refractivity contribution is 7.92. The van der Waals surface area contributed by atoms with Crippen molar-refractivity contribution in [2.75, 3.05) is 17.6 Å². The minimum Gasteiger partial charge on any atom is -0.497 e. The maximum Gasteiger partial charge on any atom is 0.235 e. The summed E-state index contributed by atoms with van der Waals surface area (Å²) in [4.78, 5) is 0. The van der Waals surface area contributed by atoms with E-state index in [9.17, 15) is 8.42 Å². The van der Waals surface area contributed by atoms with Crippen LogP contribution < -0.4 is 9.46 Å². The number of hydrogen-bond donors (Lipinski definition) is 1. The van der Waals surface area contributed by atoms with Crippen LogP contribution in [0.3, 0.4) is 0 Å². The van der Waals surface area contributed by atoms with E-state index in [0.29, 0.717) is 18.1 Å². The van der Waals surface area contributed by atoms with Gasteiger partial charge < -0.3 is 4.74 Å². The molecule has 2 aromatic carbocycles. The van der Waals surface area contributed by atoms with Gasteiger partial charge in [-0.3, -0.25) is 4.72 Å². The third kappa shape index (κ3) is 2.40. The van der Waals surface area contributed by atoms with E-state index < -0.39 is 10.0 Å². The summed E-state index contributed by atoms with van der Waals surface area (Å²) in [6, 6.07) is 11.6. The van der Waals surface area contributed by atoms with Crippen molar-refractivity contribution in [3.8, 4) is 17.0 Å². The first-order valence-corrected chi connectivity index (χ1v) is 8.73. The molecule has 0 spiro atoms. The van der Waals surface area contributed by atoms with Gasteiger partial charge in [0.15, 0.2) is 5.82 Å². The van der Waals surface area contributed by atoms with Crippen LogP contribution in [0.4, 0.5) is 5.82 Å². The monoisotopic (exact) mass is 330 g/mol. The number of fused-ring (bicyclic) bond motifs is 2. The molecule has 1 aliphatic heterocycles. The van der Waals surface area contributed by atoms with Crippen molar-refractivity contribution in [2.24, 2.45) is 0 Å². The number of aromatic nitrogens is 3. The van der Waals surface area contributed by atoms with Crippen LogP contribution in [0, 0.1) is 0 Å². The van der Waals surface area contributed by atoms with Gasteiger partial charge in [-0.05, 0) is 29.0 Å². The fourth-order valence-electron chi connectivity index (χ4n) is 2.67. The summed E-state index contributed by atoms with van der Waals surface area (Å²) in [6.45, 7) is 0.308. The van der Waals surface area contributed by atoms with Crippen LogP contribution in [0.25, 0.3) is 22.0 Å². The van der Waals surface area contributed by atoms with E-state index in [1.54, 1.807) is 11.8 Å². The van der Waals surface area contributed by atoms with Gasteiger partial charge in [0.2, 0.25) is 10.0 Å². The fourth-order valence-corrected chi connectivity index (χ4v) is 3.68. The van der Waals surface area contributed by atoms with Crippen molar-refractivity contribution in [3.63, 3.8) is 0 Å². The van der Waals surface area contributed by atoms with Crippen molar-refractivity contribution in [1.29, 1.82) is 0 Å². The molecule has 0 saturated carbocycles. The molecule has 1 aliphatic rings. The van der Waals surface area contributed by atoms with Gasteiger partial charge in [0, 0.05) is 5.56 Å². The maximum absolute atomic E-state index is 11.8. The Hall–Kier alpha value is -2.61. The first-order chi connectivity index (χ1) is 11.1. The van der Waals surface area contributed by atoms with E-state index in [-0.39, 0.29) is 5.75 Å². The van der Waals surface area contributed by atoms with Gasteiger partial charge in [0.25, 0.3) is 0 Å². The molecule has 0 unspecified atom stereocenters. The highest BCUT2D eigenvalue weighted by Crippen LogP contribution is 2.31. The molecule has 23 heavy (non-hydrogen) atoms. The standard InChI is InChI=1S/C15H14N4O3S/c1-22-13-5-4-10-8-12(3-2-11(10)9-13)14-15-17-23(20,21)7-6-19(15)18-16-14/h2-5,8-9,17H,6-7H2,1H3. The van der Waals surface area contributed by atoms with Gasteiger partial charge in [-0.2, -0.15) is 0 Å². The molecular weight excluding hydrogens is 316 g/mol. The van der Waals surface area contributed by atoms with E-state index in [1.807, 2.05) is 36.4 Å². The second-order valence-electron chi connectivity index (χ2n) is 5.36. The second kappa shape index (κ2) is 4.95. The quantitative estimate of drug-likeness (QED) is 0.775. The Bertz CT molecular complexity index is 1010. The predicted octanol–water partition coefficient (Wildman–Crippen LogP) is 1.86. The minimum atomic E-state index is -3.32. The molecule has 0 bridgehead atoms. The van der Waals surface area contributed by atoms with Crippen LogP contribution in [0.2, 0.25) is 0 Å². The van der Waals surface area contributed by atoms with Crippen LogP contribution in [-0.4, -0.2) is 36.3 Å². The molecule has 0 atom stereocenters. The van der Waals surface area contributed by atoms with Crippen LogP contribution in [0.5, 0.6) is 5.75 Å². The average Bonchev–Trinajstić information content (AvgIpc) is 2.95. The lowest BCUT2D eigenvalue weighted by molar-refractivity contribution is 0.415. The molecule has 3 aromatic rings. The largest absolute Gasteiger partial charge is 0.497 e. The second-order valence-corrected chi connectivity index (χ2v) is 7.20. The molecule has 0 aliphatic carbocycles. The molecule has 0 radical (unpaired) electrons. The highest BCUT2D eigenvalue weighted by Gasteiger charge is 2.25. The lowest BCUT2D eigenvalue weighted by Crippen LogP contribution is -2.28. The number of benzene rings is 2. The number of methoxy groups -OCH3 is 1. The number of nitrogens with zero attached hydrogens (tertiary/aromatic N) is 3. The predicted molar refractivity (Wildman–Crippen MR) is 86.9 cm³/mol. The molecule has 7 nitrogen and oxygen atoms in total. The molecule has 0 saturated heterocycles. The lowest BCUT2D eigenvalue weighted by atomic mass is 10.0. The summed E-state index contributed by atoms with van der Waals surface area (Å²) in [7, 11) is -1.69. The summed E-state index contributed by atoms with van der Waals surface area (Å²) in [5.74, 6) is 1.23. The van der Waals surface area contributed by atoms with Crippen LogP contribution >= 0.6 is 0 Å². The number of nitrogens with one attached hydrogen (secondary N) is 1. The maximum atomic E-state index is 11.8. The van der Waals surface area contributed by atoms with Crippen molar-refractivity contribution in [3.05, 3.63) is 36.4 Å². The topological polar surface area (TPSA) is 86.1 Å². The van der Waals surface area contributed by atoms with Gasteiger partial charge in [-0.25, -0.2) is 13.1 Å². The van der Waals surface area contributed by atoms with E-state index in [2.05, 4.69) is 15.0 Å². The third-order valence-corrected chi connectivity index (χ3v) is 5.10. The normalized spacial score (nSPS) is 15.9. The van der Waals surface area contributed by atoms with Gasteiger partial charge in [-0.15, -0.1) is 5.10 Å². The summed E-state index contributed by atoms with van der Waals surface area (Å²) in [5, 5.41) is 10.2. The Morgan fingerprint density at radius 2 is 1.96 bits per heavy atom. The number of anilines is 1. The molecule has 118 valence electrons. The summed E-state index contributed by atoms with van der Waals surface area (Å²) in [5.41, 5.74) is 1.35. The third-order valence-electron chi connectivity index (χ3n) is 3.88. The molecule has 4 rings (SSSR count). The summed E-state index contributed by atoms with van der Waals surface area (Å²) in [6.07, 6.45) is 0. The van der Waals surface area contributed by atoms with E-state index in [4.69, 9.17) is 4.74 Å². The Balaban J connectivity index is 1.83. The first-order valence-electron chi connectivity index (χ1n) is 7.08. The SMILES string of the molecule is COc1ccc2cc(-c3nnn4c3NS(=O)(=O)CC4)ccc2c1. The molecule has 8 heteroatoms. The molecule has 0 fully saturated rings. The van der Waals surface area contributed by atoms with Crippen LogP contribution in [0.15, 0.2) is 36.4 Å². The summed E-state index contributed by atoms with van der Waals surface area (Å²) >= 11 is 0. The van der Waals surface area contributed by atoms with Crippen molar-refractivity contribution >= 4 is 26.6 Å².